The minimum Gasteiger partial charge on any atom is -0.366 e. The van der Waals surface area contributed by atoms with E-state index in [4.69, 9.17) is 17.3 Å². The predicted octanol–water partition coefficient (Wildman–Crippen LogP) is 4.23. The van der Waals surface area contributed by atoms with Gasteiger partial charge < -0.3 is 15.6 Å². The van der Waals surface area contributed by atoms with E-state index < -0.39 is 11.2 Å². The quantitative estimate of drug-likeness (QED) is 0.507. The Morgan fingerprint density at radius 2 is 1.80 bits per heavy atom. The fraction of sp³-hybridized carbons (Fsp3) is 0.238. The summed E-state index contributed by atoms with van der Waals surface area (Å²) in [5.74, 6) is 0.0557. The van der Waals surface area contributed by atoms with Gasteiger partial charge >= 0.3 is 0 Å². The molecule has 156 valence electrons. The number of nitrogens with zero attached hydrogens (tertiary/aromatic N) is 3. The number of aromatic nitrogens is 3. The number of thioether (sulfide) groups is 1. The highest BCUT2D eigenvalue weighted by Gasteiger charge is 2.21. The third-order valence-electron chi connectivity index (χ3n) is 4.35. The Kier molecular flexibility index (Phi) is 7.12. The average Bonchev–Trinajstić information content (AvgIpc) is 3.11. The van der Waals surface area contributed by atoms with E-state index in [0.717, 1.165) is 24.4 Å². The van der Waals surface area contributed by atoms with E-state index in [1.807, 2.05) is 35.8 Å². The first kappa shape index (κ1) is 21.9. The lowest BCUT2D eigenvalue weighted by molar-refractivity contribution is -0.115. The number of anilines is 1. The predicted molar refractivity (Wildman–Crippen MR) is 120 cm³/mol. The lowest BCUT2D eigenvalue weighted by Gasteiger charge is -2.13. The summed E-state index contributed by atoms with van der Waals surface area (Å²) in [5, 5.41) is 12.4. The molecule has 0 saturated carbocycles. The van der Waals surface area contributed by atoms with Gasteiger partial charge in [-0.15, -0.1) is 10.2 Å². The molecule has 3 N–H and O–H groups in total. The number of carbonyl (C=O) groups excluding carboxylic acids is 2. The average molecular weight is 444 g/mol. The van der Waals surface area contributed by atoms with E-state index in [2.05, 4.69) is 22.4 Å². The second-order valence-electron chi connectivity index (χ2n) is 6.66. The van der Waals surface area contributed by atoms with Crippen LogP contribution in [0.5, 0.6) is 0 Å². The summed E-state index contributed by atoms with van der Waals surface area (Å²) < 4.78 is 2.01. The van der Waals surface area contributed by atoms with Crippen LogP contribution >= 0.6 is 23.4 Å². The van der Waals surface area contributed by atoms with Gasteiger partial charge in [0.05, 0.1) is 5.25 Å². The molecule has 1 aromatic heterocycles. The van der Waals surface area contributed by atoms with E-state index in [0.29, 0.717) is 21.4 Å². The molecular formula is C21H22ClN5O2S. The number of hydrogen-bond donors (Lipinski definition) is 2. The minimum atomic E-state index is -0.511. The third kappa shape index (κ3) is 5.20. The third-order valence-corrected chi connectivity index (χ3v) is 5.69. The zero-order chi connectivity index (χ0) is 21.7. The first-order chi connectivity index (χ1) is 14.4. The summed E-state index contributed by atoms with van der Waals surface area (Å²) in [5.41, 5.74) is 7.13. The van der Waals surface area contributed by atoms with Crippen molar-refractivity contribution in [2.24, 2.45) is 5.73 Å². The van der Waals surface area contributed by atoms with Crippen LogP contribution in [0.4, 0.5) is 5.69 Å². The van der Waals surface area contributed by atoms with Gasteiger partial charge in [0.2, 0.25) is 11.8 Å². The number of benzene rings is 2. The minimum absolute atomic E-state index is 0.175. The lowest BCUT2D eigenvalue weighted by atomic mass is 10.2. The van der Waals surface area contributed by atoms with Gasteiger partial charge in [0, 0.05) is 28.4 Å². The van der Waals surface area contributed by atoms with Crippen molar-refractivity contribution in [1.82, 2.24) is 14.8 Å². The molecule has 3 rings (SSSR count). The number of nitrogens with one attached hydrogen (secondary N) is 1. The van der Waals surface area contributed by atoms with E-state index in [9.17, 15) is 9.59 Å². The maximum atomic E-state index is 12.6. The van der Waals surface area contributed by atoms with Gasteiger partial charge in [-0.3, -0.25) is 9.59 Å². The van der Waals surface area contributed by atoms with Crippen molar-refractivity contribution in [3.8, 4) is 11.4 Å². The van der Waals surface area contributed by atoms with Crippen molar-refractivity contribution in [2.75, 3.05) is 5.32 Å². The van der Waals surface area contributed by atoms with Crippen LogP contribution in [0.3, 0.4) is 0 Å². The second kappa shape index (κ2) is 9.77. The largest absolute Gasteiger partial charge is 0.366 e. The molecule has 0 bridgehead atoms. The van der Waals surface area contributed by atoms with Crippen molar-refractivity contribution in [3.05, 3.63) is 59.1 Å². The van der Waals surface area contributed by atoms with Gasteiger partial charge in [-0.1, -0.05) is 30.3 Å². The van der Waals surface area contributed by atoms with Crippen LogP contribution in [0.2, 0.25) is 5.02 Å². The number of rotatable bonds is 8. The monoisotopic (exact) mass is 443 g/mol. The molecule has 1 atom stereocenters. The van der Waals surface area contributed by atoms with Gasteiger partial charge in [0.1, 0.15) is 0 Å². The summed E-state index contributed by atoms with van der Waals surface area (Å²) in [6.07, 6.45) is 0.902. The van der Waals surface area contributed by atoms with E-state index in [1.54, 1.807) is 24.3 Å². The number of halogens is 1. The van der Waals surface area contributed by atoms with Gasteiger partial charge in [-0.25, -0.2) is 0 Å². The Morgan fingerprint density at radius 1 is 1.13 bits per heavy atom. The van der Waals surface area contributed by atoms with Crippen LogP contribution in [0.25, 0.3) is 11.4 Å². The second-order valence-corrected chi connectivity index (χ2v) is 8.40. The molecule has 0 fully saturated rings. The molecule has 30 heavy (non-hydrogen) atoms. The number of primary amides is 1. The standard InChI is InChI=1S/C21H22ClN5O2S/c1-3-12-27-19(15-4-8-16(22)9-5-15)25-26-21(27)30-13(2)20(29)24-17-10-6-14(7-11-17)18(23)28/h4-11,13H,3,12H2,1-2H3,(H2,23,28)(H,24,29)/t13-/m0/s1. The van der Waals surface area contributed by atoms with E-state index in [1.165, 1.54) is 11.8 Å². The topological polar surface area (TPSA) is 103 Å². The molecule has 0 saturated heterocycles. The maximum absolute atomic E-state index is 12.6. The molecule has 0 aliphatic rings. The Morgan fingerprint density at radius 3 is 2.40 bits per heavy atom. The smallest absolute Gasteiger partial charge is 0.248 e. The lowest BCUT2D eigenvalue weighted by Crippen LogP contribution is -2.23. The molecular weight excluding hydrogens is 422 g/mol. The molecule has 2 aromatic carbocycles. The fourth-order valence-corrected chi connectivity index (χ4v) is 3.79. The summed E-state index contributed by atoms with van der Waals surface area (Å²) in [7, 11) is 0. The number of hydrogen-bond acceptors (Lipinski definition) is 5. The first-order valence-electron chi connectivity index (χ1n) is 9.45. The van der Waals surface area contributed by atoms with Crippen LogP contribution in [0.15, 0.2) is 53.7 Å². The van der Waals surface area contributed by atoms with Gasteiger partial charge in [0.25, 0.3) is 0 Å². The Labute approximate surface area is 184 Å². The van der Waals surface area contributed by atoms with Gasteiger partial charge in [0.15, 0.2) is 11.0 Å². The molecule has 2 amide bonds. The molecule has 0 spiro atoms. The van der Waals surface area contributed by atoms with Crippen LogP contribution in [0.1, 0.15) is 30.6 Å². The summed E-state index contributed by atoms with van der Waals surface area (Å²) >= 11 is 7.33. The van der Waals surface area contributed by atoms with Crippen LogP contribution in [-0.4, -0.2) is 31.8 Å². The highest BCUT2D eigenvalue weighted by Crippen LogP contribution is 2.28. The molecule has 0 aliphatic carbocycles. The molecule has 7 nitrogen and oxygen atoms in total. The van der Waals surface area contributed by atoms with Crippen molar-refractivity contribution in [3.63, 3.8) is 0 Å². The zero-order valence-electron chi connectivity index (χ0n) is 16.6. The van der Waals surface area contributed by atoms with Crippen LogP contribution < -0.4 is 11.1 Å². The number of carbonyl (C=O) groups is 2. The zero-order valence-corrected chi connectivity index (χ0v) is 18.2. The Hall–Kier alpha value is -2.84. The van der Waals surface area contributed by atoms with Crippen molar-refractivity contribution >= 4 is 40.9 Å². The Balaban J connectivity index is 1.73. The van der Waals surface area contributed by atoms with Crippen molar-refractivity contribution < 1.29 is 9.59 Å². The van der Waals surface area contributed by atoms with Crippen molar-refractivity contribution in [1.29, 1.82) is 0 Å². The molecule has 3 aromatic rings. The van der Waals surface area contributed by atoms with E-state index >= 15 is 0 Å². The van der Waals surface area contributed by atoms with Crippen LogP contribution in [0, 0.1) is 0 Å². The first-order valence-corrected chi connectivity index (χ1v) is 10.7. The highest BCUT2D eigenvalue weighted by atomic mass is 35.5. The number of nitrogens with two attached hydrogens (primary N) is 1. The van der Waals surface area contributed by atoms with Crippen molar-refractivity contribution in [2.45, 2.75) is 37.2 Å². The number of amides is 2. The maximum Gasteiger partial charge on any atom is 0.248 e. The summed E-state index contributed by atoms with van der Waals surface area (Å²) in [6.45, 7) is 4.62. The van der Waals surface area contributed by atoms with Crippen LogP contribution in [-0.2, 0) is 11.3 Å². The van der Waals surface area contributed by atoms with Gasteiger partial charge in [-0.2, -0.15) is 0 Å². The summed E-state index contributed by atoms with van der Waals surface area (Å²) in [6, 6.07) is 13.9. The molecule has 0 aliphatic heterocycles. The molecule has 0 radical (unpaired) electrons. The van der Waals surface area contributed by atoms with E-state index in [-0.39, 0.29) is 5.91 Å². The Bertz CT molecular complexity index is 1030. The molecule has 1 heterocycles. The fourth-order valence-electron chi connectivity index (χ4n) is 2.79. The molecule has 9 heteroatoms. The normalized spacial score (nSPS) is 11.8. The highest BCUT2D eigenvalue weighted by molar-refractivity contribution is 8.00. The molecule has 0 unspecified atom stereocenters. The SMILES string of the molecule is CCCn1c(S[C@@H](C)C(=O)Nc2ccc(C(N)=O)cc2)nnc1-c1ccc(Cl)cc1. The summed E-state index contributed by atoms with van der Waals surface area (Å²) in [4.78, 5) is 23.8. The van der Waals surface area contributed by atoms with Gasteiger partial charge in [-0.05, 0) is 61.9 Å².